The summed E-state index contributed by atoms with van der Waals surface area (Å²) in [5, 5.41) is 3.19. The monoisotopic (exact) mass is 383 g/mol. The standard InChI is InChI=1S/C22H29N3O3/c1-15(2)9-19-10-18(25-22(26)16-7-5-4-6-8-16)11-20(28-19)17-12-23-21(14-27-3)24-13-17/h4-8,12-13,15,18-20H,9-11,14H2,1-3H3,(H,25,26)/t18-,19+,20+/m0/s1. The Morgan fingerprint density at radius 2 is 1.93 bits per heavy atom. The van der Waals surface area contributed by atoms with E-state index in [-0.39, 0.29) is 24.2 Å². The van der Waals surface area contributed by atoms with Gasteiger partial charge in [0.25, 0.3) is 5.91 Å². The van der Waals surface area contributed by atoms with Gasteiger partial charge in [-0.1, -0.05) is 32.0 Å². The molecule has 3 atom stereocenters. The van der Waals surface area contributed by atoms with Crippen LogP contribution in [-0.4, -0.2) is 35.1 Å². The summed E-state index contributed by atoms with van der Waals surface area (Å²) in [6.07, 6.45) is 6.06. The van der Waals surface area contributed by atoms with Gasteiger partial charge in [0.2, 0.25) is 0 Å². The maximum absolute atomic E-state index is 12.6. The van der Waals surface area contributed by atoms with Gasteiger partial charge < -0.3 is 14.8 Å². The Bertz CT molecular complexity index is 749. The van der Waals surface area contributed by atoms with Crippen molar-refractivity contribution in [3.63, 3.8) is 0 Å². The molecule has 1 N–H and O–H groups in total. The molecule has 3 rings (SSSR count). The van der Waals surface area contributed by atoms with Crippen LogP contribution in [0.5, 0.6) is 0 Å². The Morgan fingerprint density at radius 3 is 2.57 bits per heavy atom. The first kappa shape index (κ1) is 20.4. The second-order valence-corrected chi connectivity index (χ2v) is 7.75. The van der Waals surface area contributed by atoms with Crippen LogP contribution in [-0.2, 0) is 16.1 Å². The van der Waals surface area contributed by atoms with Crippen molar-refractivity contribution in [2.24, 2.45) is 5.92 Å². The molecule has 0 unspecified atom stereocenters. The highest BCUT2D eigenvalue weighted by molar-refractivity contribution is 5.94. The van der Waals surface area contributed by atoms with Crippen LogP contribution >= 0.6 is 0 Å². The lowest BCUT2D eigenvalue weighted by molar-refractivity contribution is -0.0702. The lowest BCUT2D eigenvalue weighted by Gasteiger charge is -2.36. The van der Waals surface area contributed by atoms with Crippen LogP contribution in [0.25, 0.3) is 0 Å². The Balaban J connectivity index is 1.72. The van der Waals surface area contributed by atoms with E-state index in [4.69, 9.17) is 9.47 Å². The predicted molar refractivity (Wildman–Crippen MR) is 107 cm³/mol. The minimum Gasteiger partial charge on any atom is -0.377 e. The van der Waals surface area contributed by atoms with Gasteiger partial charge in [-0.25, -0.2) is 9.97 Å². The molecule has 150 valence electrons. The average Bonchev–Trinajstić information content (AvgIpc) is 2.69. The third-order valence-electron chi connectivity index (χ3n) is 4.88. The first-order valence-corrected chi connectivity index (χ1v) is 9.86. The first-order chi connectivity index (χ1) is 13.5. The molecule has 28 heavy (non-hydrogen) atoms. The third-order valence-corrected chi connectivity index (χ3v) is 4.88. The number of nitrogens with one attached hydrogen (secondary N) is 1. The van der Waals surface area contributed by atoms with Crippen LogP contribution in [0.3, 0.4) is 0 Å². The Morgan fingerprint density at radius 1 is 1.21 bits per heavy atom. The molecule has 1 saturated heterocycles. The van der Waals surface area contributed by atoms with E-state index in [1.807, 2.05) is 30.3 Å². The molecule has 1 aliphatic rings. The molecule has 6 heteroatoms. The van der Waals surface area contributed by atoms with E-state index in [0.29, 0.717) is 30.3 Å². The molecule has 0 bridgehead atoms. The largest absolute Gasteiger partial charge is 0.377 e. The Labute approximate surface area is 166 Å². The predicted octanol–water partition coefficient (Wildman–Crippen LogP) is 3.69. The molecular formula is C22H29N3O3. The molecule has 0 spiro atoms. The van der Waals surface area contributed by atoms with Crippen LogP contribution < -0.4 is 5.32 Å². The minimum atomic E-state index is -0.129. The first-order valence-electron chi connectivity index (χ1n) is 9.86. The zero-order valence-corrected chi connectivity index (χ0v) is 16.8. The molecule has 2 heterocycles. The molecule has 1 aromatic heterocycles. The fraction of sp³-hybridized carbons (Fsp3) is 0.500. The molecule has 1 amide bonds. The third kappa shape index (κ3) is 5.59. The number of hydrogen-bond acceptors (Lipinski definition) is 5. The number of carbonyl (C=O) groups excluding carboxylic acids is 1. The quantitative estimate of drug-likeness (QED) is 0.789. The number of ether oxygens (including phenoxy) is 2. The van der Waals surface area contributed by atoms with Gasteiger partial charge in [-0.2, -0.15) is 0 Å². The van der Waals surface area contributed by atoms with E-state index in [2.05, 4.69) is 29.1 Å². The van der Waals surface area contributed by atoms with Crippen molar-refractivity contribution in [3.8, 4) is 0 Å². The molecule has 0 aliphatic carbocycles. The normalized spacial score (nSPS) is 22.2. The lowest BCUT2D eigenvalue weighted by atomic mass is 9.91. The van der Waals surface area contributed by atoms with Crippen LogP contribution in [0.1, 0.15) is 61.0 Å². The second kappa shape index (κ2) is 9.75. The van der Waals surface area contributed by atoms with E-state index in [9.17, 15) is 4.79 Å². The van der Waals surface area contributed by atoms with E-state index in [1.165, 1.54) is 0 Å². The van der Waals surface area contributed by atoms with E-state index in [0.717, 1.165) is 18.4 Å². The van der Waals surface area contributed by atoms with Gasteiger partial charge in [0.15, 0.2) is 5.82 Å². The summed E-state index contributed by atoms with van der Waals surface area (Å²) in [6.45, 7) is 4.76. The van der Waals surface area contributed by atoms with Gasteiger partial charge >= 0.3 is 0 Å². The molecule has 1 aromatic carbocycles. The van der Waals surface area contributed by atoms with Crippen molar-refractivity contribution >= 4 is 5.91 Å². The maximum Gasteiger partial charge on any atom is 0.251 e. The Hall–Kier alpha value is -2.31. The summed E-state index contributed by atoms with van der Waals surface area (Å²) in [5.41, 5.74) is 1.62. The van der Waals surface area contributed by atoms with Gasteiger partial charge in [0, 0.05) is 36.7 Å². The van der Waals surface area contributed by atoms with E-state index in [1.54, 1.807) is 19.5 Å². The zero-order valence-electron chi connectivity index (χ0n) is 16.8. The number of amides is 1. The highest BCUT2D eigenvalue weighted by Crippen LogP contribution is 2.33. The molecule has 1 fully saturated rings. The highest BCUT2D eigenvalue weighted by Gasteiger charge is 2.32. The number of aromatic nitrogens is 2. The summed E-state index contributed by atoms with van der Waals surface area (Å²) in [5.74, 6) is 1.13. The maximum atomic E-state index is 12.6. The highest BCUT2D eigenvalue weighted by atomic mass is 16.5. The molecular weight excluding hydrogens is 354 g/mol. The average molecular weight is 383 g/mol. The van der Waals surface area contributed by atoms with E-state index >= 15 is 0 Å². The van der Waals surface area contributed by atoms with Gasteiger partial charge in [-0.05, 0) is 37.3 Å². The lowest BCUT2D eigenvalue weighted by Crippen LogP contribution is -2.43. The van der Waals surface area contributed by atoms with Gasteiger partial charge in [0.05, 0.1) is 12.2 Å². The second-order valence-electron chi connectivity index (χ2n) is 7.75. The smallest absolute Gasteiger partial charge is 0.251 e. The summed E-state index contributed by atoms with van der Waals surface area (Å²) in [7, 11) is 1.62. The van der Waals surface area contributed by atoms with Crippen molar-refractivity contribution in [2.75, 3.05) is 7.11 Å². The minimum absolute atomic E-state index is 0.0405. The van der Waals surface area contributed by atoms with E-state index < -0.39 is 0 Å². The summed E-state index contributed by atoms with van der Waals surface area (Å²) < 4.78 is 11.4. The topological polar surface area (TPSA) is 73.3 Å². The van der Waals surface area contributed by atoms with Crippen LogP contribution in [0.2, 0.25) is 0 Å². The Kier molecular flexibility index (Phi) is 7.12. The number of carbonyl (C=O) groups is 1. The summed E-state index contributed by atoms with van der Waals surface area (Å²) in [6, 6.07) is 9.38. The van der Waals surface area contributed by atoms with Crippen molar-refractivity contribution in [3.05, 3.63) is 59.7 Å². The fourth-order valence-electron chi connectivity index (χ4n) is 3.62. The summed E-state index contributed by atoms with van der Waals surface area (Å²) in [4.78, 5) is 21.3. The molecule has 6 nitrogen and oxygen atoms in total. The fourth-order valence-corrected chi connectivity index (χ4v) is 3.62. The SMILES string of the molecule is COCc1ncc([C@H]2C[C@@H](NC(=O)c3ccccc3)C[C@@H](CC(C)C)O2)cn1. The van der Waals surface area contributed by atoms with Crippen molar-refractivity contribution in [1.82, 2.24) is 15.3 Å². The number of hydrogen-bond donors (Lipinski definition) is 1. The van der Waals surface area contributed by atoms with Crippen LogP contribution in [0.4, 0.5) is 0 Å². The van der Waals surface area contributed by atoms with Crippen molar-refractivity contribution < 1.29 is 14.3 Å². The van der Waals surface area contributed by atoms with Crippen LogP contribution in [0, 0.1) is 5.92 Å². The van der Waals surface area contributed by atoms with Crippen LogP contribution in [0.15, 0.2) is 42.7 Å². The number of rotatable bonds is 7. The number of benzene rings is 1. The van der Waals surface area contributed by atoms with Crippen molar-refractivity contribution in [1.29, 1.82) is 0 Å². The molecule has 0 saturated carbocycles. The van der Waals surface area contributed by atoms with Gasteiger partial charge in [-0.3, -0.25) is 4.79 Å². The summed E-state index contributed by atoms with van der Waals surface area (Å²) >= 11 is 0. The van der Waals surface area contributed by atoms with Crippen molar-refractivity contribution in [2.45, 2.75) is 58.0 Å². The van der Waals surface area contributed by atoms with Gasteiger partial charge in [-0.15, -0.1) is 0 Å². The molecule has 2 aromatic rings. The molecule has 1 aliphatic heterocycles. The number of nitrogens with zero attached hydrogens (tertiary/aromatic N) is 2. The van der Waals surface area contributed by atoms with Gasteiger partial charge in [0.1, 0.15) is 6.61 Å². The number of methoxy groups -OCH3 is 1. The zero-order chi connectivity index (χ0) is 19.9. The molecule has 0 radical (unpaired) electrons.